The number of carbonyl (C=O) groups excluding carboxylic acids is 2. The van der Waals surface area contributed by atoms with Crippen LogP contribution in [0.5, 0.6) is 0 Å². The number of hydrogen-bond donors (Lipinski definition) is 3. The van der Waals surface area contributed by atoms with Crippen molar-refractivity contribution in [2.45, 2.75) is 63.8 Å². The van der Waals surface area contributed by atoms with Crippen LogP contribution in [0.1, 0.15) is 61.3 Å². The van der Waals surface area contributed by atoms with Gasteiger partial charge in [0.2, 0.25) is 0 Å². The molecule has 2 heterocycles. The lowest BCUT2D eigenvalue weighted by Crippen LogP contribution is -2.42. The molecule has 2 aliphatic rings. The lowest BCUT2D eigenvalue weighted by molar-refractivity contribution is -0.135. The molecule has 7 heteroatoms. The van der Waals surface area contributed by atoms with E-state index in [0.717, 1.165) is 10.4 Å². The number of hydrogen-bond acceptors (Lipinski definition) is 5. The first kappa shape index (κ1) is 16.4. The molecule has 1 aromatic heterocycles. The van der Waals surface area contributed by atoms with Crippen LogP contribution in [0.25, 0.3) is 0 Å². The summed E-state index contributed by atoms with van der Waals surface area (Å²) in [4.78, 5) is 25.0. The van der Waals surface area contributed by atoms with Crippen LogP contribution in [0.4, 0.5) is 5.00 Å². The lowest BCUT2D eigenvalue weighted by Gasteiger charge is -2.41. The molecule has 1 aromatic rings. The number of rotatable bonds is 3. The van der Waals surface area contributed by atoms with Gasteiger partial charge < -0.3 is 20.9 Å². The predicted octanol–water partition coefficient (Wildman–Crippen LogP) is 1.90. The van der Waals surface area contributed by atoms with E-state index in [1.165, 1.54) is 11.3 Å². The van der Waals surface area contributed by atoms with Gasteiger partial charge >= 0.3 is 0 Å². The van der Waals surface area contributed by atoms with Crippen molar-refractivity contribution < 1.29 is 19.4 Å². The highest BCUT2D eigenvalue weighted by molar-refractivity contribution is 7.17. The molecule has 4 N–H and O–H groups in total. The van der Waals surface area contributed by atoms with Crippen LogP contribution in [0, 0.1) is 0 Å². The van der Waals surface area contributed by atoms with Gasteiger partial charge in [-0.1, -0.05) is 0 Å². The molecule has 0 radical (unpaired) electrons. The normalized spacial score (nSPS) is 23.0. The van der Waals surface area contributed by atoms with Crippen LogP contribution in [0.2, 0.25) is 0 Å². The fourth-order valence-corrected chi connectivity index (χ4v) is 4.49. The Bertz CT molecular complexity index is 701. The molecule has 1 aliphatic heterocycles. The maximum Gasteiger partial charge on any atom is 0.256 e. The van der Waals surface area contributed by atoms with Crippen LogP contribution >= 0.6 is 11.3 Å². The van der Waals surface area contributed by atoms with Gasteiger partial charge in [-0.25, -0.2) is 0 Å². The van der Waals surface area contributed by atoms with Gasteiger partial charge in [-0.3, -0.25) is 9.59 Å². The Hall–Kier alpha value is -1.44. The zero-order valence-electron chi connectivity index (χ0n) is 13.8. The van der Waals surface area contributed by atoms with Crippen molar-refractivity contribution in [3.05, 3.63) is 16.0 Å². The second kappa shape index (κ2) is 4.78. The molecule has 0 saturated heterocycles. The van der Waals surface area contributed by atoms with Gasteiger partial charge in [-0.05, 0) is 46.1 Å². The molecule has 0 spiro atoms. The number of nitrogens with two attached hydrogens (primary N) is 1. The largest absolute Gasteiger partial charge is 0.380 e. The Morgan fingerprint density at radius 1 is 1.26 bits per heavy atom. The Labute approximate surface area is 139 Å². The third kappa shape index (κ3) is 2.77. The Balaban J connectivity index is 2.07. The van der Waals surface area contributed by atoms with E-state index in [9.17, 15) is 14.7 Å². The lowest BCUT2D eigenvalue weighted by atomic mass is 9.86. The molecule has 1 saturated carbocycles. The van der Waals surface area contributed by atoms with Crippen molar-refractivity contribution in [3.8, 4) is 0 Å². The summed E-state index contributed by atoms with van der Waals surface area (Å²) in [5, 5.41) is 13.0. The van der Waals surface area contributed by atoms with Crippen molar-refractivity contribution >= 4 is 28.2 Å². The van der Waals surface area contributed by atoms with Crippen molar-refractivity contribution in [3.63, 3.8) is 0 Å². The van der Waals surface area contributed by atoms with Crippen molar-refractivity contribution in [1.82, 2.24) is 0 Å². The molecule has 0 atom stereocenters. The van der Waals surface area contributed by atoms with Gasteiger partial charge in [-0.2, -0.15) is 0 Å². The number of thiophene rings is 1. The summed E-state index contributed by atoms with van der Waals surface area (Å²) in [6, 6.07) is 0. The molecule has 0 unspecified atom stereocenters. The zero-order chi connectivity index (χ0) is 17.2. The molecule has 1 fully saturated rings. The summed E-state index contributed by atoms with van der Waals surface area (Å²) in [6.45, 7) is 7.80. The highest BCUT2D eigenvalue weighted by Gasteiger charge is 2.49. The van der Waals surface area contributed by atoms with Gasteiger partial charge in [0.25, 0.3) is 11.8 Å². The standard InChI is InChI=1S/C16H22N2O4S/c1-14(2)7-8-9(11(17)19)12(18-13(20)16(21)5-6-16)23-10(8)15(3,4)22-14/h21H,5-7H2,1-4H3,(H2,17,19)(H,18,20). The van der Waals surface area contributed by atoms with Crippen molar-refractivity contribution in [2.24, 2.45) is 5.73 Å². The molecule has 0 aromatic carbocycles. The number of ether oxygens (including phenoxy) is 1. The average Bonchev–Trinajstić information content (AvgIpc) is 3.00. The quantitative estimate of drug-likeness (QED) is 0.783. The van der Waals surface area contributed by atoms with E-state index in [1.54, 1.807) is 0 Å². The molecular weight excluding hydrogens is 316 g/mol. The number of nitrogens with one attached hydrogen (secondary N) is 1. The van der Waals surface area contributed by atoms with E-state index in [4.69, 9.17) is 10.5 Å². The highest BCUT2D eigenvalue weighted by atomic mass is 32.1. The number of aliphatic hydroxyl groups is 1. The van der Waals surface area contributed by atoms with E-state index < -0.39 is 28.6 Å². The number of primary amides is 1. The number of fused-ring (bicyclic) bond motifs is 1. The van der Waals surface area contributed by atoms with E-state index in [1.807, 2.05) is 27.7 Å². The topological polar surface area (TPSA) is 102 Å². The van der Waals surface area contributed by atoms with Crippen LogP contribution in [0.3, 0.4) is 0 Å². The molecule has 0 bridgehead atoms. The van der Waals surface area contributed by atoms with E-state index in [0.29, 0.717) is 29.8 Å². The van der Waals surface area contributed by atoms with Gasteiger partial charge in [0.05, 0.1) is 16.8 Å². The van der Waals surface area contributed by atoms with Gasteiger partial charge in [0.1, 0.15) is 10.6 Å². The zero-order valence-corrected chi connectivity index (χ0v) is 14.6. The van der Waals surface area contributed by atoms with E-state index >= 15 is 0 Å². The van der Waals surface area contributed by atoms with Gasteiger partial charge in [-0.15, -0.1) is 11.3 Å². The van der Waals surface area contributed by atoms with Gasteiger partial charge in [0.15, 0.2) is 0 Å². The highest BCUT2D eigenvalue weighted by Crippen LogP contribution is 2.48. The number of anilines is 1. The molecule has 126 valence electrons. The van der Waals surface area contributed by atoms with Crippen molar-refractivity contribution in [1.29, 1.82) is 0 Å². The smallest absolute Gasteiger partial charge is 0.256 e. The Morgan fingerprint density at radius 3 is 2.39 bits per heavy atom. The fraction of sp³-hybridized carbons (Fsp3) is 0.625. The Morgan fingerprint density at radius 2 is 1.87 bits per heavy atom. The molecule has 1 aliphatic carbocycles. The molecule has 3 rings (SSSR count). The number of carbonyl (C=O) groups is 2. The predicted molar refractivity (Wildman–Crippen MR) is 87.5 cm³/mol. The summed E-state index contributed by atoms with van der Waals surface area (Å²) < 4.78 is 6.12. The molecule has 23 heavy (non-hydrogen) atoms. The fourth-order valence-electron chi connectivity index (χ4n) is 3.23. The summed E-state index contributed by atoms with van der Waals surface area (Å²) >= 11 is 1.30. The van der Waals surface area contributed by atoms with Crippen molar-refractivity contribution in [2.75, 3.05) is 5.32 Å². The summed E-state index contributed by atoms with van der Waals surface area (Å²) in [5.74, 6) is -1.05. The SMILES string of the molecule is CC1(C)Cc2c(sc(NC(=O)C3(O)CC3)c2C(N)=O)C(C)(C)O1. The van der Waals surface area contributed by atoms with E-state index in [2.05, 4.69) is 5.32 Å². The Kier molecular flexibility index (Phi) is 3.41. The third-order valence-corrected chi connectivity index (χ3v) is 5.76. The van der Waals surface area contributed by atoms with Crippen LogP contribution < -0.4 is 11.1 Å². The maximum atomic E-state index is 12.1. The van der Waals surface area contributed by atoms with Crippen LogP contribution in [0.15, 0.2) is 0 Å². The molecular formula is C16H22N2O4S. The molecule has 6 nitrogen and oxygen atoms in total. The summed E-state index contributed by atoms with van der Waals surface area (Å²) in [7, 11) is 0. The monoisotopic (exact) mass is 338 g/mol. The second-order valence-electron chi connectivity index (χ2n) is 7.51. The number of amides is 2. The second-order valence-corrected chi connectivity index (χ2v) is 8.53. The first-order valence-corrected chi connectivity index (χ1v) is 8.47. The van der Waals surface area contributed by atoms with Crippen LogP contribution in [-0.4, -0.2) is 28.1 Å². The van der Waals surface area contributed by atoms with Gasteiger partial charge in [0, 0.05) is 11.3 Å². The first-order valence-electron chi connectivity index (χ1n) is 7.65. The minimum Gasteiger partial charge on any atom is -0.380 e. The van der Waals surface area contributed by atoms with E-state index in [-0.39, 0.29) is 0 Å². The van der Waals surface area contributed by atoms with Crippen LogP contribution in [-0.2, 0) is 21.6 Å². The first-order chi connectivity index (χ1) is 10.5. The minimum atomic E-state index is -1.30. The molecule has 2 amide bonds. The maximum absolute atomic E-state index is 12.1. The summed E-state index contributed by atoms with van der Waals surface area (Å²) in [5.41, 5.74) is 4.44. The average molecular weight is 338 g/mol. The summed E-state index contributed by atoms with van der Waals surface area (Å²) in [6.07, 6.45) is 1.43. The minimum absolute atomic E-state index is 0.340. The third-order valence-electron chi connectivity index (χ3n) is 4.31.